The van der Waals surface area contributed by atoms with E-state index in [1.54, 1.807) is 24.3 Å². The Balaban J connectivity index is 2.94. The van der Waals surface area contributed by atoms with Gasteiger partial charge in [0.15, 0.2) is 0 Å². The second-order valence-electron chi connectivity index (χ2n) is 4.58. The van der Waals surface area contributed by atoms with E-state index in [4.69, 9.17) is 22.7 Å². The molecule has 0 saturated heterocycles. The summed E-state index contributed by atoms with van der Waals surface area (Å²) >= 11 is 4.94. The van der Waals surface area contributed by atoms with Crippen molar-refractivity contribution in [3.05, 3.63) is 29.8 Å². The molecule has 5 nitrogen and oxygen atoms in total. The topological polar surface area (TPSA) is 72.6 Å². The fourth-order valence-corrected chi connectivity index (χ4v) is 2.84. The zero-order valence-corrected chi connectivity index (χ0v) is 13.5. The number of nitrogens with zero attached hydrogens (tertiary/aromatic N) is 1. The van der Waals surface area contributed by atoms with Crippen LogP contribution in [-0.2, 0) is 14.8 Å². The lowest BCUT2D eigenvalue weighted by atomic mass is 10.2. The van der Waals surface area contributed by atoms with Crippen LogP contribution in [0.1, 0.15) is 19.4 Å². The van der Waals surface area contributed by atoms with Crippen molar-refractivity contribution in [1.29, 1.82) is 0 Å². The Labute approximate surface area is 125 Å². The Kier molecular flexibility index (Phi) is 5.91. The van der Waals surface area contributed by atoms with Gasteiger partial charge in [-0.15, -0.1) is 0 Å². The fourth-order valence-electron chi connectivity index (χ4n) is 1.63. The van der Waals surface area contributed by atoms with Gasteiger partial charge in [-0.1, -0.05) is 24.4 Å². The molecule has 1 aromatic carbocycles. The van der Waals surface area contributed by atoms with Crippen LogP contribution in [0.4, 0.5) is 5.69 Å². The Morgan fingerprint density at radius 1 is 1.40 bits per heavy atom. The second kappa shape index (κ2) is 7.01. The molecule has 0 aliphatic heterocycles. The molecule has 1 rings (SSSR count). The van der Waals surface area contributed by atoms with E-state index in [-0.39, 0.29) is 23.5 Å². The van der Waals surface area contributed by atoms with E-state index >= 15 is 0 Å². The summed E-state index contributed by atoms with van der Waals surface area (Å²) in [6.45, 7) is 3.87. The number of para-hydroxylation sites is 1. The van der Waals surface area contributed by atoms with E-state index in [2.05, 4.69) is 0 Å². The standard InChI is InChI=1S/C13H20N2O3S2/c1-10(2)18-8-9-20(16,17)15(3)12-7-5-4-6-11(12)13(14)19/h4-7,10H,8-9H2,1-3H3,(H2,14,19). The molecule has 7 heteroatoms. The average Bonchev–Trinajstić information content (AvgIpc) is 2.37. The molecule has 0 saturated carbocycles. The summed E-state index contributed by atoms with van der Waals surface area (Å²) in [7, 11) is -1.98. The molecule has 0 unspecified atom stereocenters. The zero-order chi connectivity index (χ0) is 15.3. The van der Waals surface area contributed by atoms with Gasteiger partial charge in [0.05, 0.1) is 24.2 Å². The van der Waals surface area contributed by atoms with Crippen LogP contribution in [0.2, 0.25) is 0 Å². The first-order chi connectivity index (χ1) is 9.25. The molecule has 2 N–H and O–H groups in total. The van der Waals surface area contributed by atoms with Gasteiger partial charge in [-0.3, -0.25) is 4.31 Å². The van der Waals surface area contributed by atoms with E-state index in [9.17, 15) is 8.42 Å². The molecular weight excluding hydrogens is 296 g/mol. The minimum absolute atomic E-state index is 0.000544. The van der Waals surface area contributed by atoms with Crippen LogP contribution in [0.5, 0.6) is 0 Å². The lowest BCUT2D eigenvalue weighted by Crippen LogP contribution is -2.32. The summed E-state index contributed by atoms with van der Waals surface area (Å²) in [5, 5.41) is 0. The molecule has 0 atom stereocenters. The van der Waals surface area contributed by atoms with Crippen molar-refractivity contribution in [2.24, 2.45) is 5.73 Å². The maximum Gasteiger partial charge on any atom is 0.237 e. The number of hydrogen-bond donors (Lipinski definition) is 1. The van der Waals surface area contributed by atoms with Crippen molar-refractivity contribution in [2.45, 2.75) is 20.0 Å². The van der Waals surface area contributed by atoms with Crippen LogP contribution in [0.25, 0.3) is 0 Å². The van der Waals surface area contributed by atoms with Gasteiger partial charge in [-0.05, 0) is 26.0 Å². The Hall–Kier alpha value is -1.18. The lowest BCUT2D eigenvalue weighted by Gasteiger charge is -2.22. The first kappa shape index (κ1) is 16.9. The Morgan fingerprint density at radius 3 is 2.55 bits per heavy atom. The normalized spacial score (nSPS) is 11.6. The minimum Gasteiger partial charge on any atom is -0.389 e. The lowest BCUT2D eigenvalue weighted by molar-refractivity contribution is 0.0912. The number of anilines is 1. The van der Waals surface area contributed by atoms with E-state index in [0.29, 0.717) is 11.3 Å². The quantitative estimate of drug-likeness (QED) is 0.772. The number of nitrogens with two attached hydrogens (primary N) is 1. The van der Waals surface area contributed by atoms with Gasteiger partial charge in [0, 0.05) is 12.6 Å². The number of benzene rings is 1. The predicted molar refractivity (Wildman–Crippen MR) is 85.6 cm³/mol. The third kappa shape index (κ3) is 4.43. The van der Waals surface area contributed by atoms with Gasteiger partial charge >= 0.3 is 0 Å². The van der Waals surface area contributed by atoms with Crippen molar-refractivity contribution >= 4 is 32.9 Å². The van der Waals surface area contributed by atoms with Crippen LogP contribution in [0.3, 0.4) is 0 Å². The Bertz CT molecular complexity index is 571. The molecule has 0 heterocycles. The average molecular weight is 316 g/mol. The first-order valence-electron chi connectivity index (χ1n) is 6.22. The summed E-state index contributed by atoms with van der Waals surface area (Å²) in [4.78, 5) is 0.168. The summed E-state index contributed by atoms with van der Waals surface area (Å²) in [6, 6.07) is 6.89. The van der Waals surface area contributed by atoms with Gasteiger partial charge in [0.25, 0.3) is 0 Å². The molecule has 0 aliphatic rings. The third-order valence-corrected chi connectivity index (χ3v) is 4.65. The SMILES string of the molecule is CC(C)OCCS(=O)(=O)N(C)c1ccccc1C(N)=S. The van der Waals surface area contributed by atoms with E-state index in [1.807, 2.05) is 13.8 Å². The monoisotopic (exact) mass is 316 g/mol. The molecule has 0 spiro atoms. The number of rotatable bonds is 7. The highest BCUT2D eigenvalue weighted by molar-refractivity contribution is 7.92. The molecule has 0 amide bonds. The largest absolute Gasteiger partial charge is 0.389 e. The molecule has 0 aliphatic carbocycles. The van der Waals surface area contributed by atoms with Crippen molar-refractivity contribution < 1.29 is 13.2 Å². The van der Waals surface area contributed by atoms with Crippen molar-refractivity contribution in [2.75, 3.05) is 23.7 Å². The van der Waals surface area contributed by atoms with Gasteiger partial charge < -0.3 is 10.5 Å². The van der Waals surface area contributed by atoms with Crippen molar-refractivity contribution in [3.63, 3.8) is 0 Å². The highest BCUT2D eigenvalue weighted by Gasteiger charge is 2.21. The minimum atomic E-state index is -3.47. The number of ether oxygens (including phenoxy) is 1. The molecule has 0 aromatic heterocycles. The van der Waals surface area contributed by atoms with Crippen molar-refractivity contribution in [3.8, 4) is 0 Å². The number of sulfonamides is 1. The molecule has 1 aromatic rings. The molecule has 0 bridgehead atoms. The van der Waals surface area contributed by atoms with Gasteiger partial charge in [0.1, 0.15) is 4.99 Å². The third-order valence-electron chi connectivity index (χ3n) is 2.72. The summed E-state index contributed by atoms with van der Waals surface area (Å²) < 4.78 is 31.0. The summed E-state index contributed by atoms with van der Waals surface area (Å²) in [5.74, 6) is -0.0899. The van der Waals surface area contributed by atoms with E-state index in [1.165, 1.54) is 11.4 Å². The zero-order valence-electron chi connectivity index (χ0n) is 11.9. The van der Waals surface area contributed by atoms with E-state index < -0.39 is 10.0 Å². The van der Waals surface area contributed by atoms with Crippen LogP contribution >= 0.6 is 12.2 Å². The number of hydrogen-bond acceptors (Lipinski definition) is 4. The Morgan fingerprint density at radius 2 is 2.00 bits per heavy atom. The van der Waals surface area contributed by atoms with Gasteiger partial charge in [-0.25, -0.2) is 8.42 Å². The van der Waals surface area contributed by atoms with Crippen molar-refractivity contribution in [1.82, 2.24) is 0 Å². The fraction of sp³-hybridized carbons (Fsp3) is 0.462. The predicted octanol–water partition coefficient (Wildman–Crippen LogP) is 1.51. The van der Waals surface area contributed by atoms with Gasteiger partial charge in [0.2, 0.25) is 10.0 Å². The van der Waals surface area contributed by atoms with E-state index in [0.717, 1.165) is 0 Å². The first-order valence-corrected chi connectivity index (χ1v) is 8.24. The molecule has 112 valence electrons. The maximum atomic E-state index is 12.2. The van der Waals surface area contributed by atoms with Crippen LogP contribution < -0.4 is 10.0 Å². The second-order valence-corrected chi connectivity index (χ2v) is 7.14. The molecule has 0 radical (unpaired) electrons. The van der Waals surface area contributed by atoms with Crippen LogP contribution in [-0.4, -0.2) is 38.9 Å². The van der Waals surface area contributed by atoms with Crippen LogP contribution in [0, 0.1) is 0 Å². The molecule has 0 fully saturated rings. The highest BCUT2D eigenvalue weighted by atomic mass is 32.2. The molecular formula is C13H20N2O3S2. The smallest absolute Gasteiger partial charge is 0.237 e. The summed E-state index contributed by atoms with van der Waals surface area (Å²) in [6.07, 6.45) is -0.000544. The van der Waals surface area contributed by atoms with Crippen LogP contribution in [0.15, 0.2) is 24.3 Å². The molecule has 20 heavy (non-hydrogen) atoms. The maximum absolute atomic E-state index is 12.2. The highest BCUT2D eigenvalue weighted by Crippen LogP contribution is 2.21. The summed E-state index contributed by atoms with van der Waals surface area (Å²) in [5.41, 5.74) is 6.64. The number of thiocarbonyl (C=S) groups is 1. The van der Waals surface area contributed by atoms with Gasteiger partial charge in [-0.2, -0.15) is 0 Å².